The van der Waals surface area contributed by atoms with Gasteiger partial charge in [0.1, 0.15) is 5.69 Å². The van der Waals surface area contributed by atoms with Crippen molar-refractivity contribution in [1.82, 2.24) is 10.3 Å². The topological polar surface area (TPSA) is 77.2 Å². The van der Waals surface area contributed by atoms with Crippen molar-refractivity contribution in [3.8, 4) is 11.8 Å². The van der Waals surface area contributed by atoms with Crippen LogP contribution in [0.1, 0.15) is 22.5 Å². The maximum atomic E-state index is 12.1. The van der Waals surface area contributed by atoms with Crippen molar-refractivity contribution in [1.29, 1.82) is 0 Å². The summed E-state index contributed by atoms with van der Waals surface area (Å²) in [5.74, 6) is 5.36. The SMILES string of the molecule is NCC#Cc1cccnc1C(=O)NC1CCOC1. The van der Waals surface area contributed by atoms with E-state index in [-0.39, 0.29) is 18.5 Å². The van der Waals surface area contributed by atoms with Crippen LogP contribution >= 0.6 is 0 Å². The molecule has 0 spiro atoms. The Morgan fingerprint density at radius 2 is 2.56 bits per heavy atom. The normalized spacial score (nSPS) is 17.9. The molecule has 1 saturated heterocycles. The van der Waals surface area contributed by atoms with Crippen molar-refractivity contribution >= 4 is 5.91 Å². The first kappa shape index (κ1) is 12.6. The average Bonchev–Trinajstić information content (AvgIpc) is 2.89. The number of ether oxygens (including phenoxy) is 1. The first-order chi connectivity index (χ1) is 8.81. The molecule has 1 aromatic rings. The average molecular weight is 245 g/mol. The Hall–Kier alpha value is -1.90. The third kappa shape index (κ3) is 3.06. The predicted octanol–water partition coefficient (Wildman–Crippen LogP) is -0.0895. The summed E-state index contributed by atoms with van der Waals surface area (Å²) in [6, 6.07) is 3.57. The van der Waals surface area contributed by atoms with Crippen LogP contribution < -0.4 is 11.1 Å². The summed E-state index contributed by atoms with van der Waals surface area (Å²) in [7, 11) is 0. The molecular weight excluding hydrogens is 230 g/mol. The maximum absolute atomic E-state index is 12.1. The molecule has 0 radical (unpaired) electrons. The summed E-state index contributed by atoms with van der Waals surface area (Å²) in [6.45, 7) is 1.50. The lowest BCUT2D eigenvalue weighted by Crippen LogP contribution is -2.35. The standard InChI is InChI=1S/C13H15N3O2/c14-6-1-3-10-4-2-7-15-12(10)13(17)16-11-5-8-18-9-11/h2,4,7,11H,5-6,8-9,14H2,(H,16,17). The summed E-state index contributed by atoms with van der Waals surface area (Å²) in [4.78, 5) is 16.1. The Morgan fingerprint density at radius 1 is 1.67 bits per heavy atom. The van der Waals surface area contributed by atoms with Gasteiger partial charge in [0.25, 0.3) is 5.91 Å². The van der Waals surface area contributed by atoms with Crippen LogP contribution in [0.15, 0.2) is 18.3 Å². The maximum Gasteiger partial charge on any atom is 0.271 e. The lowest BCUT2D eigenvalue weighted by atomic mass is 10.1. The zero-order valence-electron chi connectivity index (χ0n) is 9.98. The van der Waals surface area contributed by atoms with Crippen LogP contribution in [0.3, 0.4) is 0 Å². The van der Waals surface area contributed by atoms with Crippen molar-refractivity contribution in [2.45, 2.75) is 12.5 Å². The van der Waals surface area contributed by atoms with E-state index in [1.165, 1.54) is 0 Å². The van der Waals surface area contributed by atoms with Gasteiger partial charge >= 0.3 is 0 Å². The molecular formula is C13H15N3O2. The highest BCUT2D eigenvalue weighted by Crippen LogP contribution is 2.07. The quantitative estimate of drug-likeness (QED) is 0.714. The van der Waals surface area contributed by atoms with E-state index in [1.807, 2.05) is 0 Å². The summed E-state index contributed by atoms with van der Waals surface area (Å²) in [5, 5.41) is 2.89. The van der Waals surface area contributed by atoms with Crippen molar-refractivity contribution in [2.24, 2.45) is 5.73 Å². The molecule has 5 heteroatoms. The molecule has 0 bridgehead atoms. The van der Waals surface area contributed by atoms with Gasteiger partial charge < -0.3 is 15.8 Å². The van der Waals surface area contributed by atoms with Crippen molar-refractivity contribution in [3.63, 3.8) is 0 Å². The van der Waals surface area contributed by atoms with E-state index in [9.17, 15) is 4.79 Å². The van der Waals surface area contributed by atoms with Gasteiger partial charge in [0.2, 0.25) is 0 Å². The molecule has 0 aliphatic carbocycles. The van der Waals surface area contributed by atoms with Gasteiger partial charge in [-0.3, -0.25) is 4.79 Å². The van der Waals surface area contributed by atoms with Gasteiger partial charge in [-0.25, -0.2) is 4.98 Å². The predicted molar refractivity (Wildman–Crippen MR) is 66.9 cm³/mol. The molecule has 1 aromatic heterocycles. The molecule has 1 fully saturated rings. The second-order valence-electron chi connectivity index (χ2n) is 3.94. The number of aromatic nitrogens is 1. The monoisotopic (exact) mass is 245 g/mol. The minimum Gasteiger partial charge on any atom is -0.379 e. The Morgan fingerprint density at radius 3 is 3.28 bits per heavy atom. The van der Waals surface area contributed by atoms with Crippen molar-refractivity contribution in [2.75, 3.05) is 19.8 Å². The number of carbonyl (C=O) groups excluding carboxylic acids is 1. The molecule has 1 unspecified atom stereocenters. The summed E-state index contributed by atoms with van der Waals surface area (Å²) < 4.78 is 5.21. The number of nitrogens with one attached hydrogen (secondary N) is 1. The Labute approximate surface area is 106 Å². The second kappa shape index (κ2) is 6.15. The molecule has 1 aliphatic rings. The second-order valence-corrected chi connectivity index (χ2v) is 3.94. The van der Waals surface area contributed by atoms with Gasteiger partial charge in [-0.2, -0.15) is 0 Å². The van der Waals surface area contributed by atoms with E-state index in [4.69, 9.17) is 10.5 Å². The molecule has 2 heterocycles. The highest BCUT2D eigenvalue weighted by atomic mass is 16.5. The van der Waals surface area contributed by atoms with Gasteiger partial charge in [0, 0.05) is 12.8 Å². The van der Waals surface area contributed by atoms with E-state index in [0.29, 0.717) is 24.5 Å². The number of amides is 1. The van der Waals surface area contributed by atoms with E-state index >= 15 is 0 Å². The molecule has 1 amide bonds. The smallest absolute Gasteiger partial charge is 0.271 e. The molecule has 0 aromatic carbocycles. The minimum atomic E-state index is -0.215. The third-order valence-corrected chi connectivity index (χ3v) is 2.61. The molecule has 94 valence electrons. The number of hydrogen-bond acceptors (Lipinski definition) is 4. The zero-order chi connectivity index (χ0) is 12.8. The van der Waals surface area contributed by atoms with Crippen LogP contribution in [0.5, 0.6) is 0 Å². The van der Waals surface area contributed by atoms with Gasteiger partial charge in [-0.1, -0.05) is 11.8 Å². The Kier molecular flexibility index (Phi) is 4.29. The summed E-state index contributed by atoms with van der Waals surface area (Å²) in [6.07, 6.45) is 2.41. The van der Waals surface area contributed by atoms with E-state index in [2.05, 4.69) is 22.1 Å². The Bertz CT molecular complexity index is 484. The number of rotatable bonds is 2. The molecule has 1 aliphatic heterocycles. The third-order valence-electron chi connectivity index (χ3n) is 2.61. The number of carbonyl (C=O) groups is 1. The zero-order valence-corrected chi connectivity index (χ0v) is 9.98. The number of pyridine rings is 1. The fourth-order valence-corrected chi connectivity index (χ4v) is 1.74. The molecule has 3 N–H and O–H groups in total. The van der Waals surface area contributed by atoms with Crippen LogP contribution in [0, 0.1) is 11.8 Å². The molecule has 2 rings (SSSR count). The van der Waals surface area contributed by atoms with Gasteiger partial charge in [0.05, 0.1) is 24.8 Å². The van der Waals surface area contributed by atoms with Gasteiger partial charge in [-0.15, -0.1) is 0 Å². The molecule has 18 heavy (non-hydrogen) atoms. The highest BCUT2D eigenvalue weighted by molar-refractivity contribution is 5.94. The van der Waals surface area contributed by atoms with Gasteiger partial charge in [0.15, 0.2) is 0 Å². The fraction of sp³-hybridized carbons (Fsp3) is 0.385. The molecule has 0 saturated carbocycles. The first-order valence-corrected chi connectivity index (χ1v) is 5.84. The highest BCUT2D eigenvalue weighted by Gasteiger charge is 2.20. The number of nitrogens with two attached hydrogens (primary N) is 1. The van der Waals surface area contributed by atoms with E-state index in [1.54, 1.807) is 18.3 Å². The van der Waals surface area contributed by atoms with Crippen LogP contribution in [0.25, 0.3) is 0 Å². The van der Waals surface area contributed by atoms with Crippen molar-refractivity contribution in [3.05, 3.63) is 29.6 Å². The lowest BCUT2D eigenvalue weighted by Gasteiger charge is -2.10. The van der Waals surface area contributed by atoms with Crippen molar-refractivity contribution < 1.29 is 9.53 Å². The molecule has 1 atom stereocenters. The first-order valence-electron chi connectivity index (χ1n) is 5.84. The van der Waals surface area contributed by atoms with E-state index < -0.39 is 0 Å². The number of nitrogens with zero attached hydrogens (tertiary/aromatic N) is 1. The minimum absolute atomic E-state index is 0.0647. The van der Waals surface area contributed by atoms with Crippen LogP contribution in [-0.4, -0.2) is 36.7 Å². The summed E-state index contributed by atoms with van der Waals surface area (Å²) in [5.41, 5.74) is 6.26. The fourth-order valence-electron chi connectivity index (χ4n) is 1.74. The van der Waals surface area contributed by atoms with Gasteiger partial charge in [-0.05, 0) is 18.6 Å². The Balaban J connectivity index is 2.13. The number of hydrogen-bond donors (Lipinski definition) is 2. The van der Waals surface area contributed by atoms with Crippen LogP contribution in [0.2, 0.25) is 0 Å². The van der Waals surface area contributed by atoms with Crippen LogP contribution in [0.4, 0.5) is 0 Å². The van der Waals surface area contributed by atoms with E-state index in [0.717, 1.165) is 6.42 Å². The van der Waals surface area contributed by atoms with Crippen LogP contribution in [-0.2, 0) is 4.74 Å². The summed E-state index contributed by atoms with van der Waals surface area (Å²) >= 11 is 0. The molecule has 5 nitrogen and oxygen atoms in total. The largest absolute Gasteiger partial charge is 0.379 e. The lowest BCUT2D eigenvalue weighted by molar-refractivity contribution is 0.0924.